The molecule has 3 heterocycles. The summed E-state index contributed by atoms with van der Waals surface area (Å²) in [7, 11) is 0. The highest BCUT2D eigenvalue weighted by atomic mass is 15.2. The minimum atomic E-state index is -0.125. The maximum atomic E-state index is 5.57. The first-order valence-electron chi connectivity index (χ1n) is 21.1. The Hall–Kier alpha value is -7.82. The highest BCUT2D eigenvalue weighted by Gasteiger charge is 2.35. The fourth-order valence-corrected chi connectivity index (χ4v) is 10.5. The van der Waals surface area contributed by atoms with Crippen molar-refractivity contribution in [1.82, 2.24) is 19.1 Å². The van der Waals surface area contributed by atoms with E-state index in [9.17, 15) is 0 Å². The van der Waals surface area contributed by atoms with Gasteiger partial charge in [-0.05, 0) is 87.3 Å². The zero-order valence-corrected chi connectivity index (χ0v) is 33.8. The standard InChI is InChI=1S/C57H38N4/c1-57(2)48-24-12-8-19-39(48)40-30-29-36(32-49(40)57)54-45-23-9-13-25-50(45)58-56(59-54)61-52-27-15-11-21-42(52)47-34-46(38-18-6-7-22-44(38)55(47)61)35-28-31-43-41-20-10-14-26-51(41)60(53(43)33-35)37-16-4-3-5-17-37/h3-34H,1-2H3. The van der Waals surface area contributed by atoms with Crippen molar-refractivity contribution < 1.29 is 0 Å². The van der Waals surface area contributed by atoms with E-state index < -0.39 is 0 Å². The summed E-state index contributed by atoms with van der Waals surface area (Å²) >= 11 is 0. The van der Waals surface area contributed by atoms with Gasteiger partial charge in [0.1, 0.15) is 0 Å². The van der Waals surface area contributed by atoms with E-state index in [1.54, 1.807) is 0 Å². The molecular formula is C57H38N4. The molecular weight excluding hydrogens is 741 g/mol. The van der Waals surface area contributed by atoms with Crippen LogP contribution in [-0.2, 0) is 5.41 Å². The number of rotatable bonds is 4. The Morgan fingerprint density at radius 1 is 0.377 bits per heavy atom. The Kier molecular flexibility index (Phi) is 7.04. The second kappa shape index (κ2) is 12.6. The highest BCUT2D eigenvalue weighted by molar-refractivity contribution is 6.22. The molecule has 0 N–H and O–H groups in total. The largest absolute Gasteiger partial charge is 0.309 e. The van der Waals surface area contributed by atoms with E-state index in [-0.39, 0.29) is 5.41 Å². The van der Waals surface area contributed by atoms with Gasteiger partial charge in [-0.15, -0.1) is 0 Å². The summed E-state index contributed by atoms with van der Waals surface area (Å²) < 4.78 is 4.70. The van der Waals surface area contributed by atoms with Crippen LogP contribution >= 0.6 is 0 Å². The van der Waals surface area contributed by atoms with Crippen LogP contribution in [0.15, 0.2) is 194 Å². The van der Waals surface area contributed by atoms with E-state index in [1.165, 1.54) is 71.3 Å². The summed E-state index contributed by atoms with van der Waals surface area (Å²) in [4.78, 5) is 10.9. The van der Waals surface area contributed by atoms with Crippen molar-refractivity contribution >= 4 is 65.3 Å². The van der Waals surface area contributed by atoms with Gasteiger partial charge in [0.05, 0.1) is 33.3 Å². The number of benzene rings is 9. The van der Waals surface area contributed by atoms with E-state index in [0.717, 1.165) is 44.3 Å². The van der Waals surface area contributed by atoms with Crippen LogP contribution < -0.4 is 0 Å². The molecule has 12 aromatic rings. The van der Waals surface area contributed by atoms with E-state index in [1.807, 2.05) is 0 Å². The molecule has 61 heavy (non-hydrogen) atoms. The third-order valence-corrected chi connectivity index (χ3v) is 13.3. The SMILES string of the molecule is CC1(C)c2ccccc2-c2ccc(-c3nc(-n4c5ccccc5c5cc(-c6ccc7c8ccccc8n(-c8ccccc8)c7c6)c6ccccc6c54)nc4ccccc34)cc21. The summed E-state index contributed by atoms with van der Waals surface area (Å²) in [5.74, 6) is 0.662. The molecule has 13 rings (SSSR count). The lowest BCUT2D eigenvalue weighted by Gasteiger charge is -2.22. The minimum Gasteiger partial charge on any atom is -0.309 e. The van der Waals surface area contributed by atoms with Crippen LogP contribution in [0.2, 0.25) is 0 Å². The fraction of sp³-hybridized carbons (Fsp3) is 0.0526. The first-order chi connectivity index (χ1) is 30.0. The second-order valence-corrected chi connectivity index (χ2v) is 17.0. The lowest BCUT2D eigenvalue weighted by Crippen LogP contribution is -2.15. The van der Waals surface area contributed by atoms with Crippen LogP contribution in [0.4, 0.5) is 0 Å². The van der Waals surface area contributed by atoms with Crippen molar-refractivity contribution in [2.75, 3.05) is 0 Å². The topological polar surface area (TPSA) is 35.6 Å². The molecule has 0 atom stereocenters. The summed E-state index contributed by atoms with van der Waals surface area (Å²) in [5, 5.41) is 8.21. The molecule has 0 bridgehead atoms. The molecule has 0 aliphatic heterocycles. The number of aromatic nitrogens is 4. The molecule has 3 aromatic heterocycles. The Morgan fingerprint density at radius 3 is 1.80 bits per heavy atom. The average molecular weight is 779 g/mol. The third-order valence-electron chi connectivity index (χ3n) is 13.3. The van der Waals surface area contributed by atoms with E-state index in [0.29, 0.717) is 5.95 Å². The number of nitrogens with zero attached hydrogens (tertiary/aromatic N) is 4. The van der Waals surface area contributed by atoms with Gasteiger partial charge in [0.15, 0.2) is 0 Å². The molecule has 0 amide bonds. The predicted octanol–water partition coefficient (Wildman–Crippen LogP) is 14.6. The maximum absolute atomic E-state index is 5.57. The van der Waals surface area contributed by atoms with Crippen molar-refractivity contribution in [3.63, 3.8) is 0 Å². The van der Waals surface area contributed by atoms with Crippen LogP contribution in [0.25, 0.3) is 110 Å². The Balaban J connectivity index is 1.06. The van der Waals surface area contributed by atoms with Crippen molar-refractivity contribution in [3.05, 3.63) is 205 Å². The van der Waals surface area contributed by atoms with Crippen molar-refractivity contribution in [3.8, 4) is 45.1 Å². The molecule has 0 radical (unpaired) electrons. The lowest BCUT2D eigenvalue weighted by atomic mass is 9.82. The molecule has 4 nitrogen and oxygen atoms in total. The van der Waals surface area contributed by atoms with Crippen molar-refractivity contribution in [2.45, 2.75) is 19.3 Å². The number of fused-ring (bicyclic) bond motifs is 12. The molecule has 0 saturated carbocycles. The second-order valence-electron chi connectivity index (χ2n) is 17.0. The fourth-order valence-electron chi connectivity index (χ4n) is 10.5. The van der Waals surface area contributed by atoms with E-state index >= 15 is 0 Å². The molecule has 9 aromatic carbocycles. The van der Waals surface area contributed by atoms with Crippen LogP contribution in [0.3, 0.4) is 0 Å². The monoisotopic (exact) mass is 778 g/mol. The van der Waals surface area contributed by atoms with Gasteiger partial charge in [0.2, 0.25) is 5.95 Å². The molecule has 0 spiro atoms. The van der Waals surface area contributed by atoms with E-state index in [4.69, 9.17) is 9.97 Å². The Morgan fingerprint density at radius 2 is 0.984 bits per heavy atom. The summed E-state index contributed by atoms with van der Waals surface area (Å²) in [6, 6.07) is 70.5. The molecule has 0 saturated heterocycles. The molecule has 1 aliphatic carbocycles. The molecule has 4 heteroatoms. The number of para-hydroxylation sites is 4. The van der Waals surface area contributed by atoms with E-state index in [2.05, 4.69) is 217 Å². The Labute approximate surface area is 352 Å². The number of hydrogen-bond acceptors (Lipinski definition) is 2. The van der Waals surface area contributed by atoms with Crippen LogP contribution in [0.5, 0.6) is 0 Å². The third kappa shape index (κ3) is 4.82. The zero-order chi connectivity index (χ0) is 40.4. The zero-order valence-electron chi connectivity index (χ0n) is 33.8. The maximum Gasteiger partial charge on any atom is 0.235 e. The summed E-state index contributed by atoms with van der Waals surface area (Å²) in [5.41, 5.74) is 16.2. The van der Waals surface area contributed by atoms with Gasteiger partial charge in [-0.25, -0.2) is 9.97 Å². The van der Waals surface area contributed by atoms with Gasteiger partial charge in [0, 0.05) is 49.0 Å². The Bertz CT molecular complexity index is 3790. The van der Waals surface area contributed by atoms with Gasteiger partial charge >= 0.3 is 0 Å². The number of hydrogen-bond donors (Lipinski definition) is 0. The van der Waals surface area contributed by atoms with Gasteiger partial charge in [-0.1, -0.05) is 159 Å². The van der Waals surface area contributed by atoms with Gasteiger partial charge in [0.25, 0.3) is 0 Å². The molecule has 286 valence electrons. The van der Waals surface area contributed by atoms with Crippen LogP contribution in [0, 0.1) is 0 Å². The van der Waals surface area contributed by atoms with Gasteiger partial charge in [-0.3, -0.25) is 4.57 Å². The lowest BCUT2D eigenvalue weighted by molar-refractivity contribution is 0.660. The van der Waals surface area contributed by atoms with Gasteiger partial charge < -0.3 is 4.57 Å². The summed E-state index contributed by atoms with van der Waals surface area (Å²) in [6.45, 7) is 4.67. The van der Waals surface area contributed by atoms with Crippen molar-refractivity contribution in [1.29, 1.82) is 0 Å². The molecule has 0 unspecified atom stereocenters. The average Bonchev–Trinajstić information content (AvgIpc) is 3.91. The predicted molar refractivity (Wildman–Crippen MR) is 254 cm³/mol. The van der Waals surface area contributed by atoms with Crippen molar-refractivity contribution in [2.24, 2.45) is 0 Å². The van der Waals surface area contributed by atoms with Crippen LogP contribution in [-0.4, -0.2) is 19.1 Å². The first kappa shape index (κ1) is 34.1. The minimum absolute atomic E-state index is 0.125. The van der Waals surface area contributed by atoms with Crippen LogP contribution in [0.1, 0.15) is 25.0 Å². The molecule has 0 fully saturated rings. The van der Waals surface area contributed by atoms with Gasteiger partial charge in [-0.2, -0.15) is 0 Å². The normalized spacial score (nSPS) is 13.2. The first-order valence-corrected chi connectivity index (χ1v) is 21.1. The smallest absolute Gasteiger partial charge is 0.235 e. The quantitative estimate of drug-likeness (QED) is 0.178. The molecule has 1 aliphatic rings. The summed E-state index contributed by atoms with van der Waals surface area (Å²) in [6.07, 6.45) is 0. The highest BCUT2D eigenvalue weighted by Crippen LogP contribution is 2.50.